The number of amides is 2. The highest BCUT2D eigenvalue weighted by Gasteiger charge is 2.12. The molecule has 0 aliphatic heterocycles. The van der Waals surface area contributed by atoms with E-state index >= 15 is 0 Å². The van der Waals surface area contributed by atoms with Gasteiger partial charge in [0, 0.05) is 46.0 Å². The van der Waals surface area contributed by atoms with Crippen molar-refractivity contribution in [2.24, 2.45) is 14.1 Å². The summed E-state index contributed by atoms with van der Waals surface area (Å²) in [5.74, 6) is 1.41. The molecule has 0 saturated carbocycles. The summed E-state index contributed by atoms with van der Waals surface area (Å²) in [5, 5.41) is 12.1. The first-order chi connectivity index (χ1) is 30.2. The molecule has 330 valence electrons. The standard InChI is InChI=1S/C30H28N10O2.2C7H8O3S/c1-39-17-15-25(37-29(39)31)33-21-7-11-23(12-8-21)35-27(41)19-3-5-20(6-4-19)28(42)36-24-13-9-22(10-14-24)34-26-16-18-40(2)30(32)38-26;2*1-6-2-4-7(5-3-6)11(8,9)10/h3-18H,1-2H3,(H6,31,32,33,34,35,36,37,38,41,42);2*2-5H,1H3,(H,8,9,10). The van der Waals surface area contributed by atoms with Crippen LogP contribution in [0.5, 0.6) is 0 Å². The fourth-order valence-corrected chi connectivity index (χ4v) is 6.23. The van der Waals surface area contributed by atoms with Gasteiger partial charge in [0.05, 0.1) is 36.3 Å². The third-order valence-corrected chi connectivity index (χ3v) is 10.7. The first-order valence-electron chi connectivity index (χ1n) is 19.0. The molecule has 0 atom stereocenters. The van der Waals surface area contributed by atoms with Gasteiger partial charge in [-0.2, -0.15) is 0 Å². The van der Waals surface area contributed by atoms with Crippen molar-refractivity contribution >= 4 is 78.3 Å². The third-order valence-electron chi connectivity index (χ3n) is 8.96. The molecule has 2 aromatic heterocycles. The van der Waals surface area contributed by atoms with Crippen LogP contribution in [0.15, 0.2) is 156 Å². The molecule has 0 aliphatic carbocycles. The summed E-state index contributed by atoms with van der Waals surface area (Å²) in [4.78, 5) is 33.7. The Hall–Kier alpha value is -7.78. The number of nitrogens with zero attached hydrogens (tertiary/aromatic N) is 4. The average molecular weight is 905 g/mol. The van der Waals surface area contributed by atoms with Gasteiger partial charge in [-0.1, -0.05) is 45.4 Å². The fraction of sp³-hybridized carbons (Fsp3) is 0.0909. The molecule has 2 amide bonds. The van der Waals surface area contributed by atoms with E-state index < -0.39 is 20.2 Å². The van der Waals surface area contributed by atoms with Crippen molar-refractivity contribution < 1.29 is 44.7 Å². The summed E-state index contributed by atoms with van der Waals surface area (Å²) in [5.41, 5.74) is 17.2. The van der Waals surface area contributed by atoms with Gasteiger partial charge < -0.3 is 30.4 Å². The zero-order valence-corrected chi connectivity index (χ0v) is 36.5. The highest BCUT2D eigenvalue weighted by Crippen LogP contribution is 2.20. The van der Waals surface area contributed by atoms with E-state index in [1.54, 1.807) is 81.9 Å². The topological polar surface area (TPSA) is 282 Å². The van der Waals surface area contributed by atoms with Crippen molar-refractivity contribution in [3.05, 3.63) is 168 Å². The number of hydrogen-bond acceptors (Lipinski definition) is 14. The molecule has 64 heavy (non-hydrogen) atoms. The van der Waals surface area contributed by atoms with Crippen LogP contribution in [0.1, 0.15) is 31.8 Å². The SMILES string of the molecule is C[n+]1ccc(Nc2ccc(NC(=O)c3ccc(C(=O)Nc4ccc(Nc5cc[n+](C)c(N)n5)cc4)cc3)cc2)nc1N.Cc1ccc(S(=O)(=O)[O-])cc1.Cc1ccc(S(=O)(=O)[O-])cc1. The van der Waals surface area contributed by atoms with Crippen LogP contribution in [-0.2, 0) is 34.3 Å². The highest BCUT2D eigenvalue weighted by atomic mass is 32.2. The Bertz CT molecular complexity index is 2750. The molecule has 0 saturated heterocycles. The van der Waals surface area contributed by atoms with Crippen molar-refractivity contribution in [2.75, 3.05) is 32.7 Å². The molecule has 0 bridgehead atoms. The number of rotatable bonds is 10. The second kappa shape index (κ2) is 20.9. The zero-order valence-electron chi connectivity index (χ0n) is 34.9. The predicted molar refractivity (Wildman–Crippen MR) is 240 cm³/mol. The first-order valence-corrected chi connectivity index (χ1v) is 21.8. The lowest BCUT2D eigenvalue weighted by molar-refractivity contribution is -0.659. The maximum Gasteiger partial charge on any atom is 0.391 e. The summed E-state index contributed by atoms with van der Waals surface area (Å²) >= 11 is 0. The Kier molecular flexibility index (Phi) is 15.4. The lowest BCUT2D eigenvalue weighted by Crippen LogP contribution is -2.32. The maximum atomic E-state index is 12.8. The minimum atomic E-state index is -4.27. The third kappa shape index (κ3) is 14.1. The fourth-order valence-electron chi connectivity index (χ4n) is 5.29. The molecule has 7 rings (SSSR count). The number of benzene rings is 5. The van der Waals surface area contributed by atoms with E-state index in [2.05, 4.69) is 31.2 Å². The van der Waals surface area contributed by atoms with Gasteiger partial charge in [0.2, 0.25) is 11.6 Å². The van der Waals surface area contributed by atoms with Crippen molar-refractivity contribution in [2.45, 2.75) is 23.6 Å². The molecule has 18 nitrogen and oxygen atoms in total. The summed E-state index contributed by atoms with van der Waals surface area (Å²) in [6, 6.07) is 36.0. The number of carbonyl (C=O) groups excluding carboxylic acids is 2. The number of aromatic nitrogens is 4. The quantitative estimate of drug-likeness (QED) is 0.0772. The summed E-state index contributed by atoms with van der Waals surface area (Å²) < 4.78 is 65.8. The molecule has 0 fully saturated rings. The Morgan fingerprint density at radius 2 is 0.781 bits per heavy atom. The lowest BCUT2D eigenvalue weighted by atomic mass is 10.1. The first kappa shape index (κ1) is 47.3. The van der Waals surface area contributed by atoms with Crippen molar-refractivity contribution in [3.8, 4) is 0 Å². The van der Waals surface area contributed by atoms with Crippen LogP contribution in [0.25, 0.3) is 0 Å². The van der Waals surface area contributed by atoms with E-state index in [0.29, 0.717) is 46.0 Å². The van der Waals surface area contributed by atoms with Crippen molar-refractivity contribution in [1.29, 1.82) is 0 Å². The predicted octanol–water partition coefficient (Wildman–Crippen LogP) is 5.08. The van der Waals surface area contributed by atoms with E-state index in [4.69, 9.17) is 11.5 Å². The number of nitrogens with two attached hydrogens (primary N) is 2. The van der Waals surface area contributed by atoms with E-state index in [-0.39, 0.29) is 21.6 Å². The monoisotopic (exact) mass is 904 g/mol. The Morgan fingerprint density at radius 3 is 1.06 bits per heavy atom. The molecule has 0 spiro atoms. The van der Waals surface area contributed by atoms with Crippen LogP contribution in [0.2, 0.25) is 0 Å². The van der Waals surface area contributed by atoms with E-state index in [1.165, 1.54) is 24.3 Å². The second-order valence-corrected chi connectivity index (χ2v) is 16.7. The Labute approximate surface area is 370 Å². The number of carbonyl (C=O) groups is 2. The number of nitrogens with one attached hydrogen (secondary N) is 4. The van der Waals surface area contributed by atoms with Gasteiger partial charge in [0.25, 0.3) is 11.8 Å². The van der Waals surface area contributed by atoms with Gasteiger partial charge >= 0.3 is 11.9 Å². The van der Waals surface area contributed by atoms with Gasteiger partial charge in [0.1, 0.15) is 20.2 Å². The molecule has 2 heterocycles. The molecule has 5 aromatic carbocycles. The minimum absolute atomic E-state index is 0.178. The van der Waals surface area contributed by atoms with Gasteiger partial charge in [-0.15, -0.1) is 0 Å². The average Bonchev–Trinajstić information content (AvgIpc) is 3.25. The maximum absolute atomic E-state index is 12.8. The van der Waals surface area contributed by atoms with Gasteiger partial charge in [-0.05, 0) is 111 Å². The summed E-state index contributed by atoms with van der Waals surface area (Å²) in [6.07, 6.45) is 3.62. The van der Waals surface area contributed by atoms with Gasteiger partial charge in [-0.25, -0.2) is 26.0 Å². The minimum Gasteiger partial charge on any atom is -0.744 e. The Morgan fingerprint density at radius 1 is 0.484 bits per heavy atom. The van der Waals surface area contributed by atoms with Crippen LogP contribution in [0.3, 0.4) is 0 Å². The Balaban J connectivity index is 0.000000284. The normalized spacial score (nSPS) is 10.8. The van der Waals surface area contributed by atoms with Crippen LogP contribution in [-0.4, -0.2) is 47.7 Å². The van der Waals surface area contributed by atoms with E-state index in [1.807, 2.05) is 76.7 Å². The summed E-state index contributed by atoms with van der Waals surface area (Å²) in [7, 11) is -4.91. The molecule has 8 N–H and O–H groups in total. The molecule has 7 aromatic rings. The van der Waals surface area contributed by atoms with Gasteiger partial charge in [-0.3, -0.25) is 21.1 Å². The van der Waals surface area contributed by atoms with E-state index in [9.17, 15) is 35.5 Å². The van der Waals surface area contributed by atoms with Crippen molar-refractivity contribution in [1.82, 2.24) is 9.97 Å². The van der Waals surface area contributed by atoms with Crippen LogP contribution in [0.4, 0.5) is 46.3 Å². The molecule has 0 aliphatic rings. The van der Waals surface area contributed by atoms with Gasteiger partial charge in [0.15, 0.2) is 0 Å². The second-order valence-electron chi connectivity index (χ2n) is 14.0. The molecular weight excluding hydrogens is 861 g/mol. The van der Waals surface area contributed by atoms with Crippen LogP contribution >= 0.6 is 0 Å². The largest absolute Gasteiger partial charge is 0.744 e. The number of aryl methyl sites for hydroxylation is 4. The number of anilines is 8. The molecule has 20 heteroatoms. The number of nitrogen functional groups attached to an aromatic ring is 2. The zero-order chi connectivity index (χ0) is 46.6. The van der Waals surface area contributed by atoms with E-state index in [0.717, 1.165) is 22.5 Å². The van der Waals surface area contributed by atoms with Crippen molar-refractivity contribution in [3.63, 3.8) is 0 Å². The summed E-state index contributed by atoms with van der Waals surface area (Å²) in [6.45, 7) is 3.64. The lowest BCUT2D eigenvalue weighted by Gasteiger charge is -2.09. The molecular formula is C44H44N10O8S2. The highest BCUT2D eigenvalue weighted by molar-refractivity contribution is 7.86. The van der Waals surface area contributed by atoms with Crippen LogP contribution in [0, 0.1) is 13.8 Å². The molecule has 0 radical (unpaired) electrons. The molecule has 0 unspecified atom stereocenters. The van der Waals surface area contributed by atoms with Crippen LogP contribution < -0.4 is 41.9 Å². The number of hydrogen-bond donors (Lipinski definition) is 6. The smallest absolute Gasteiger partial charge is 0.391 e.